The first-order chi connectivity index (χ1) is 13.2. The zero-order valence-electron chi connectivity index (χ0n) is 16.2. The summed E-state index contributed by atoms with van der Waals surface area (Å²) in [6.07, 6.45) is 6.81. The molecule has 0 spiro atoms. The molecule has 148 valence electrons. The van der Waals surface area contributed by atoms with Crippen molar-refractivity contribution < 1.29 is 9.18 Å². The van der Waals surface area contributed by atoms with Crippen LogP contribution in [-0.2, 0) is 17.6 Å². The van der Waals surface area contributed by atoms with Gasteiger partial charge < -0.3 is 5.32 Å². The molecule has 0 radical (unpaired) electrons. The molecule has 1 aromatic rings. The van der Waals surface area contributed by atoms with Gasteiger partial charge in [0.2, 0.25) is 5.91 Å². The Morgan fingerprint density at radius 2 is 1.70 bits per heavy atom. The number of hydrogen-bond donors (Lipinski definition) is 1. The summed E-state index contributed by atoms with van der Waals surface area (Å²) in [4.78, 5) is 17.4. The van der Waals surface area contributed by atoms with E-state index in [1.165, 1.54) is 49.9 Å². The van der Waals surface area contributed by atoms with E-state index in [9.17, 15) is 9.18 Å². The van der Waals surface area contributed by atoms with Gasteiger partial charge in [-0.1, -0.05) is 24.3 Å². The van der Waals surface area contributed by atoms with E-state index in [2.05, 4.69) is 39.4 Å². The number of alkyl halides is 1. The van der Waals surface area contributed by atoms with E-state index in [1.807, 2.05) is 0 Å². The molecule has 1 amide bonds. The molecule has 4 nitrogen and oxygen atoms in total. The molecule has 2 aliphatic heterocycles. The van der Waals surface area contributed by atoms with Gasteiger partial charge in [0.25, 0.3) is 0 Å². The number of hydrogen-bond acceptors (Lipinski definition) is 3. The number of piperidine rings is 2. The van der Waals surface area contributed by atoms with Crippen LogP contribution >= 0.6 is 0 Å². The van der Waals surface area contributed by atoms with Gasteiger partial charge >= 0.3 is 0 Å². The van der Waals surface area contributed by atoms with Crippen LogP contribution in [0.4, 0.5) is 4.39 Å². The highest BCUT2D eigenvalue weighted by Crippen LogP contribution is 2.29. The molecule has 5 heteroatoms. The molecule has 3 aliphatic rings. The highest BCUT2D eigenvalue weighted by atomic mass is 19.1. The fraction of sp³-hybridized carbons (Fsp3) is 0.682. The lowest BCUT2D eigenvalue weighted by atomic mass is 9.92. The smallest absolute Gasteiger partial charge is 0.224 e. The number of halogens is 1. The number of likely N-dealkylation sites (tertiary alicyclic amines) is 2. The van der Waals surface area contributed by atoms with Gasteiger partial charge in [-0.2, -0.15) is 0 Å². The maximum atomic E-state index is 12.3. The lowest BCUT2D eigenvalue weighted by Crippen LogP contribution is -2.52. The van der Waals surface area contributed by atoms with Crippen molar-refractivity contribution in [2.45, 2.75) is 50.6 Å². The Bertz CT molecular complexity index is 619. The van der Waals surface area contributed by atoms with Gasteiger partial charge in [-0.05, 0) is 69.3 Å². The second-order valence-corrected chi connectivity index (χ2v) is 8.41. The number of rotatable bonds is 5. The zero-order valence-corrected chi connectivity index (χ0v) is 16.2. The first-order valence-electron chi connectivity index (χ1n) is 10.6. The molecule has 0 bridgehead atoms. The molecule has 4 rings (SSSR count). The van der Waals surface area contributed by atoms with Crippen LogP contribution in [0.1, 0.15) is 36.8 Å². The maximum absolute atomic E-state index is 12.3. The first-order valence-corrected chi connectivity index (χ1v) is 10.6. The average molecular weight is 374 g/mol. The third kappa shape index (κ3) is 4.35. The van der Waals surface area contributed by atoms with E-state index in [0.717, 1.165) is 25.9 Å². The van der Waals surface area contributed by atoms with Gasteiger partial charge in [-0.15, -0.1) is 0 Å². The predicted octanol–water partition coefficient (Wildman–Crippen LogP) is 2.42. The second kappa shape index (κ2) is 8.70. The SMILES string of the molecule is O=C(NCCF)[C@H]1CCCN(C2CCN(C3Cc4ccccc4C3)CC2)C1. The summed E-state index contributed by atoms with van der Waals surface area (Å²) in [6.45, 7) is 3.95. The summed E-state index contributed by atoms with van der Waals surface area (Å²) in [5.74, 6) is 0.0752. The summed E-state index contributed by atoms with van der Waals surface area (Å²) in [6, 6.07) is 10.1. The van der Waals surface area contributed by atoms with Crippen LogP contribution in [0.5, 0.6) is 0 Å². The van der Waals surface area contributed by atoms with Crippen LogP contribution in [0.2, 0.25) is 0 Å². The van der Waals surface area contributed by atoms with Crippen molar-refractivity contribution in [3.05, 3.63) is 35.4 Å². The van der Waals surface area contributed by atoms with Crippen molar-refractivity contribution in [1.29, 1.82) is 0 Å². The zero-order chi connectivity index (χ0) is 18.6. The van der Waals surface area contributed by atoms with E-state index < -0.39 is 6.67 Å². The van der Waals surface area contributed by atoms with Crippen LogP contribution in [0.15, 0.2) is 24.3 Å². The minimum atomic E-state index is -0.480. The van der Waals surface area contributed by atoms with Crippen molar-refractivity contribution in [3.8, 4) is 0 Å². The highest BCUT2D eigenvalue weighted by Gasteiger charge is 2.34. The van der Waals surface area contributed by atoms with Crippen LogP contribution in [-0.4, -0.2) is 67.2 Å². The Morgan fingerprint density at radius 1 is 1.00 bits per heavy atom. The number of benzene rings is 1. The molecule has 2 saturated heterocycles. The molecule has 1 N–H and O–H groups in total. The molecule has 27 heavy (non-hydrogen) atoms. The largest absolute Gasteiger partial charge is 0.353 e. The third-order valence-corrected chi connectivity index (χ3v) is 6.78. The van der Waals surface area contributed by atoms with Gasteiger partial charge in [0.05, 0.1) is 5.92 Å². The van der Waals surface area contributed by atoms with Gasteiger partial charge in [0.15, 0.2) is 0 Å². The lowest BCUT2D eigenvalue weighted by molar-refractivity contribution is -0.127. The first kappa shape index (κ1) is 18.9. The number of nitrogens with one attached hydrogen (secondary N) is 1. The monoisotopic (exact) mass is 373 g/mol. The van der Waals surface area contributed by atoms with Crippen LogP contribution in [0, 0.1) is 5.92 Å². The molecular formula is C22H32FN3O. The number of fused-ring (bicyclic) bond motifs is 1. The molecule has 1 atom stereocenters. The second-order valence-electron chi connectivity index (χ2n) is 8.41. The van der Waals surface area contributed by atoms with Crippen molar-refractivity contribution in [3.63, 3.8) is 0 Å². The highest BCUT2D eigenvalue weighted by molar-refractivity contribution is 5.78. The van der Waals surface area contributed by atoms with Gasteiger partial charge in [-0.3, -0.25) is 14.6 Å². The van der Waals surface area contributed by atoms with Gasteiger partial charge in [0.1, 0.15) is 6.67 Å². The normalized spacial score (nSPS) is 25.4. The summed E-state index contributed by atoms with van der Waals surface area (Å²) >= 11 is 0. The van der Waals surface area contributed by atoms with Crippen molar-refractivity contribution in [2.75, 3.05) is 39.4 Å². The quantitative estimate of drug-likeness (QED) is 0.861. The fourth-order valence-corrected chi connectivity index (χ4v) is 5.28. The van der Waals surface area contributed by atoms with Crippen molar-refractivity contribution >= 4 is 5.91 Å². The number of amides is 1. The summed E-state index contributed by atoms with van der Waals surface area (Å²) in [5, 5.41) is 2.73. The van der Waals surface area contributed by atoms with E-state index >= 15 is 0 Å². The molecule has 0 saturated carbocycles. The molecule has 2 heterocycles. The maximum Gasteiger partial charge on any atom is 0.224 e. The third-order valence-electron chi connectivity index (χ3n) is 6.78. The molecular weight excluding hydrogens is 341 g/mol. The van der Waals surface area contributed by atoms with E-state index in [0.29, 0.717) is 12.1 Å². The Morgan fingerprint density at radius 3 is 2.37 bits per heavy atom. The lowest BCUT2D eigenvalue weighted by Gasteiger charge is -2.43. The molecule has 2 fully saturated rings. The Labute approximate surface area is 162 Å². The van der Waals surface area contributed by atoms with Crippen LogP contribution < -0.4 is 5.32 Å². The number of carbonyl (C=O) groups excluding carboxylic acids is 1. The Balaban J connectivity index is 1.26. The van der Waals surface area contributed by atoms with E-state index in [4.69, 9.17) is 0 Å². The number of carbonyl (C=O) groups is 1. The minimum Gasteiger partial charge on any atom is -0.353 e. The van der Waals surface area contributed by atoms with Crippen LogP contribution in [0.25, 0.3) is 0 Å². The molecule has 1 aromatic carbocycles. The fourth-order valence-electron chi connectivity index (χ4n) is 5.28. The Hall–Kier alpha value is -1.46. The average Bonchev–Trinajstić information content (AvgIpc) is 3.16. The van der Waals surface area contributed by atoms with Gasteiger partial charge in [-0.25, -0.2) is 4.39 Å². The van der Waals surface area contributed by atoms with Gasteiger partial charge in [0, 0.05) is 25.2 Å². The molecule has 0 unspecified atom stereocenters. The summed E-state index contributed by atoms with van der Waals surface area (Å²) in [7, 11) is 0. The minimum absolute atomic E-state index is 0.0349. The van der Waals surface area contributed by atoms with Crippen LogP contribution in [0.3, 0.4) is 0 Å². The number of nitrogens with zero attached hydrogens (tertiary/aromatic N) is 2. The Kier molecular flexibility index (Phi) is 6.08. The molecule has 0 aromatic heterocycles. The van der Waals surface area contributed by atoms with E-state index in [1.54, 1.807) is 0 Å². The summed E-state index contributed by atoms with van der Waals surface area (Å²) in [5.41, 5.74) is 3.06. The van der Waals surface area contributed by atoms with Crippen molar-refractivity contribution in [1.82, 2.24) is 15.1 Å². The standard InChI is InChI=1S/C22H32FN3O/c23-9-10-24-22(27)19-6-3-11-26(16-19)20-7-12-25(13-8-20)21-14-17-4-1-2-5-18(17)15-21/h1-2,4-5,19-21H,3,6-16H2,(H,24,27)/t19-/m0/s1. The molecule has 1 aliphatic carbocycles. The van der Waals surface area contributed by atoms with Crippen molar-refractivity contribution in [2.24, 2.45) is 5.92 Å². The predicted molar refractivity (Wildman–Crippen MR) is 106 cm³/mol. The van der Waals surface area contributed by atoms with E-state index in [-0.39, 0.29) is 18.4 Å². The topological polar surface area (TPSA) is 35.6 Å². The summed E-state index contributed by atoms with van der Waals surface area (Å²) < 4.78 is 12.3.